The molecule has 1 fully saturated rings. The van der Waals surface area contributed by atoms with E-state index in [1.807, 2.05) is 12.1 Å². The molecule has 1 saturated heterocycles. The van der Waals surface area contributed by atoms with Crippen LogP contribution in [0.4, 0.5) is 4.39 Å². The minimum atomic E-state index is -0.178. The van der Waals surface area contributed by atoms with E-state index >= 15 is 0 Å². The minimum absolute atomic E-state index is 0. The van der Waals surface area contributed by atoms with E-state index in [0.717, 1.165) is 30.7 Å². The molecule has 1 atom stereocenters. The fourth-order valence-corrected chi connectivity index (χ4v) is 2.78. The predicted molar refractivity (Wildman–Crippen MR) is 78.7 cm³/mol. The number of piperazine rings is 1. The highest BCUT2D eigenvalue weighted by molar-refractivity contribution is 9.10. The minimum Gasteiger partial charge on any atom is -0.314 e. The first kappa shape index (κ1) is 15.6. The smallest absolute Gasteiger partial charge is 0.129 e. The average molecular weight is 336 g/mol. The van der Waals surface area contributed by atoms with Gasteiger partial charge in [-0.25, -0.2) is 4.39 Å². The van der Waals surface area contributed by atoms with Crippen LogP contribution in [0, 0.1) is 5.82 Å². The van der Waals surface area contributed by atoms with E-state index < -0.39 is 0 Å². The van der Waals surface area contributed by atoms with Crippen molar-refractivity contribution in [3.63, 3.8) is 0 Å². The molecule has 0 saturated carbocycles. The van der Waals surface area contributed by atoms with Crippen molar-refractivity contribution in [2.75, 3.05) is 26.2 Å². The second kappa shape index (κ2) is 7.24. The van der Waals surface area contributed by atoms with Gasteiger partial charge in [-0.05, 0) is 12.1 Å². The van der Waals surface area contributed by atoms with Gasteiger partial charge in [-0.15, -0.1) is 19.0 Å². The van der Waals surface area contributed by atoms with Crippen molar-refractivity contribution < 1.29 is 4.39 Å². The van der Waals surface area contributed by atoms with Gasteiger partial charge in [0.25, 0.3) is 0 Å². The van der Waals surface area contributed by atoms with Crippen molar-refractivity contribution in [1.82, 2.24) is 10.2 Å². The van der Waals surface area contributed by atoms with Crippen molar-refractivity contribution in [3.05, 3.63) is 46.7 Å². The highest BCUT2D eigenvalue weighted by Gasteiger charge is 2.23. The number of rotatable bonds is 3. The van der Waals surface area contributed by atoms with E-state index in [2.05, 4.69) is 32.7 Å². The second-order valence-corrected chi connectivity index (χ2v) is 4.96. The van der Waals surface area contributed by atoms with Crippen LogP contribution in [0.1, 0.15) is 11.6 Å². The molecular formula is C13H17BrClFN2. The summed E-state index contributed by atoms with van der Waals surface area (Å²) in [4.78, 5) is 2.24. The molecule has 1 heterocycles. The SMILES string of the molecule is C=C[C@H](c1c(F)cccc1Br)N1CCNCC1.Cl. The molecule has 2 nitrogen and oxygen atoms in total. The summed E-state index contributed by atoms with van der Waals surface area (Å²) in [7, 11) is 0. The zero-order valence-electron chi connectivity index (χ0n) is 10.0. The first-order valence-electron chi connectivity index (χ1n) is 5.75. The van der Waals surface area contributed by atoms with Crippen molar-refractivity contribution in [2.45, 2.75) is 6.04 Å². The Hall–Kier alpha value is -0.420. The molecule has 0 aromatic heterocycles. The Bertz CT molecular complexity index is 388. The van der Waals surface area contributed by atoms with E-state index in [1.54, 1.807) is 6.07 Å². The first-order chi connectivity index (χ1) is 8.24. The fraction of sp³-hybridized carbons (Fsp3) is 0.385. The maximum atomic E-state index is 13.9. The van der Waals surface area contributed by atoms with Gasteiger partial charge in [-0.1, -0.05) is 28.1 Å². The summed E-state index contributed by atoms with van der Waals surface area (Å²) >= 11 is 3.43. The van der Waals surface area contributed by atoms with Crippen molar-refractivity contribution in [1.29, 1.82) is 0 Å². The van der Waals surface area contributed by atoms with Crippen LogP contribution in [0.15, 0.2) is 35.3 Å². The van der Waals surface area contributed by atoms with Crippen LogP contribution in [-0.4, -0.2) is 31.1 Å². The molecule has 0 unspecified atom stereocenters. The first-order valence-corrected chi connectivity index (χ1v) is 6.54. The molecule has 1 aromatic rings. The number of nitrogens with one attached hydrogen (secondary N) is 1. The van der Waals surface area contributed by atoms with E-state index in [9.17, 15) is 4.39 Å². The highest BCUT2D eigenvalue weighted by atomic mass is 79.9. The van der Waals surface area contributed by atoms with Crippen molar-refractivity contribution in [3.8, 4) is 0 Å². The zero-order valence-corrected chi connectivity index (χ0v) is 12.4. The Balaban J connectivity index is 0.00000162. The number of halogens is 3. The Morgan fingerprint density at radius 3 is 2.61 bits per heavy atom. The molecule has 0 aliphatic carbocycles. The van der Waals surface area contributed by atoms with Crippen LogP contribution >= 0.6 is 28.3 Å². The van der Waals surface area contributed by atoms with Gasteiger partial charge in [0.2, 0.25) is 0 Å². The third kappa shape index (κ3) is 3.32. The largest absolute Gasteiger partial charge is 0.314 e. The van der Waals surface area contributed by atoms with Crippen LogP contribution in [0.3, 0.4) is 0 Å². The van der Waals surface area contributed by atoms with Crippen molar-refractivity contribution in [2.24, 2.45) is 0 Å². The summed E-state index contributed by atoms with van der Waals surface area (Å²) in [5, 5.41) is 3.29. The Labute approximate surface area is 122 Å². The number of hydrogen-bond acceptors (Lipinski definition) is 2. The molecule has 0 radical (unpaired) electrons. The molecule has 0 spiro atoms. The molecule has 5 heteroatoms. The summed E-state index contributed by atoms with van der Waals surface area (Å²) in [5.74, 6) is -0.178. The zero-order chi connectivity index (χ0) is 12.3. The van der Waals surface area contributed by atoms with Crippen LogP contribution in [0.5, 0.6) is 0 Å². The van der Waals surface area contributed by atoms with Gasteiger partial charge < -0.3 is 5.32 Å². The molecule has 1 N–H and O–H groups in total. The quantitative estimate of drug-likeness (QED) is 0.854. The lowest BCUT2D eigenvalue weighted by molar-refractivity contribution is 0.200. The number of hydrogen-bond donors (Lipinski definition) is 1. The molecule has 1 aliphatic rings. The second-order valence-electron chi connectivity index (χ2n) is 4.10. The van der Waals surface area contributed by atoms with E-state index in [1.165, 1.54) is 6.07 Å². The van der Waals surface area contributed by atoms with Crippen LogP contribution in [0.2, 0.25) is 0 Å². The van der Waals surface area contributed by atoms with E-state index in [-0.39, 0.29) is 24.3 Å². The third-order valence-electron chi connectivity index (χ3n) is 3.06. The van der Waals surface area contributed by atoms with Crippen molar-refractivity contribution >= 4 is 28.3 Å². The summed E-state index contributed by atoms with van der Waals surface area (Å²) < 4.78 is 14.7. The fourth-order valence-electron chi connectivity index (χ4n) is 2.20. The lowest BCUT2D eigenvalue weighted by atomic mass is 10.0. The lowest BCUT2D eigenvalue weighted by Crippen LogP contribution is -2.44. The summed E-state index contributed by atoms with van der Waals surface area (Å²) in [6, 6.07) is 5.02. The topological polar surface area (TPSA) is 15.3 Å². The predicted octanol–water partition coefficient (Wildman–Crippen LogP) is 3.14. The van der Waals surface area contributed by atoms with Gasteiger partial charge >= 0.3 is 0 Å². The summed E-state index contributed by atoms with van der Waals surface area (Å²) in [6.45, 7) is 7.56. The molecule has 0 bridgehead atoms. The monoisotopic (exact) mass is 334 g/mol. The molecule has 18 heavy (non-hydrogen) atoms. The van der Waals surface area contributed by atoms with Gasteiger partial charge in [0.15, 0.2) is 0 Å². The molecule has 0 amide bonds. The standard InChI is InChI=1S/C13H16BrFN2.ClH/c1-2-12(17-8-6-16-7-9-17)13-10(14)4-3-5-11(13)15;/h2-5,12,16H,1,6-9H2;1H/t12-;/m1./s1. The summed E-state index contributed by atoms with van der Waals surface area (Å²) in [6.07, 6.45) is 1.81. The molecular weight excluding hydrogens is 319 g/mol. The molecule has 1 aliphatic heterocycles. The van der Waals surface area contributed by atoms with Gasteiger partial charge in [0, 0.05) is 36.2 Å². The molecule has 1 aromatic carbocycles. The maximum Gasteiger partial charge on any atom is 0.129 e. The third-order valence-corrected chi connectivity index (χ3v) is 3.76. The normalized spacial score (nSPS) is 17.9. The summed E-state index contributed by atoms with van der Waals surface area (Å²) in [5.41, 5.74) is 0.685. The van der Waals surface area contributed by atoms with Gasteiger partial charge in [-0.2, -0.15) is 0 Å². The van der Waals surface area contributed by atoms with E-state index in [0.29, 0.717) is 5.56 Å². The Morgan fingerprint density at radius 1 is 1.39 bits per heavy atom. The average Bonchev–Trinajstić information content (AvgIpc) is 2.35. The highest BCUT2D eigenvalue weighted by Crippen LogP contribution is 2.31. The van der Waals surface area contributed by atoms with Gasteiger partial charge in [-0.3, -0.25) is 4.90 Å². The van der Waals surface area contributed by atoms with Crippen LogP contribution < -0.4 is 5.32 Å². The molecule has 100 valence electrons. The van der Waals surface area contributed by atoms with Gasteiger partial charge in [0.05, 0.1) is 6.04 Å². The van der Waals surface area contributed by atoms with Gasteiger partial charge in [0.1, 0.15) is 5.82 Å². The number of benzene rings is 1. The maximum absolute atomic E-state index is 13.9. The van der Waals surface area contributed by atoms with E-state index in [4.69, 9.17) is 0 Å². The molecule has 2 rings (SSSR count). The van der Waals surface area contributed by atoms with Crippen LogP contribution in [0.25, 0.3) is 0 Å². The number of nitrogens with zero attached hydrogens (tertiary/aromatic N) is 1. The van der Waals surface area contributed by atoms with Crippen LogP contribution in [-0.2, 0) is 0 Å². The Morgan fingerprint density at radius 2 is 2.06 bits per heavy atom. The Kier molecular flexibility index (Phi) is 6.29. The lowest BCUT2D eigenvalue weighted by Gasteiger charge is -2.34.